The van der Waals surface area contributed by atoms with E-state index in [4.69, 9.17) is 5.73 Å². The van der Waals surface area contributed by atoms with Gasteiger partial charge in [0.05, 0.1) is 4.90 Å². The predicted octanol–water partition coefficient (Wildman–Crippen LogP) is 2.31. The first kappa shape index (κ1) is 16.5. The minimum atomic E-state index is -3.46. The Hall–Kier alpha value is -2.38. The van der Waals surface area contributed by atoms with Gasteiger partial charge in [-0.2, -0.15) is 4.31 Å². The third kappa shape index (κ3) is 3.42. The number of hydrogen-bond donors (Lipinski definition) is 2. The molecule has 24 heavy (non-hydrogen) atoms. The van der Waals surface area contributed by atoms with Crippen LogP contribution in [-0.2, 0) is 10.0 Å². The highest BCUT2D eigenvalue weighted by atomic mass is 32.2. The van der Waals surface area contributed by atoms with E-state index in [2.05, 4.69) is 5.32 Å². The number of carbonyl (C=O) groups is 1. The molecule has 0 radical (unpaired) electrons. The monoisotopic (exact) mass is 345 g/mol. The lowest BCUT2D eigenvalue weighted by Crippen LogP contribution is -2.27. The van der Waals surface area contributed by atoms with Crippen molar-refractivity contribution in [2.75, 3.05) is 24.1 Å². The Morgan fingerprint density at radius 1 is 0.958 bits per heavy atom. The molecular weight excluding hydrogens is 326 g/mol. The van der Waals surface area contributed by atoms with Crippen LogP contribution in [0.25, 0.3) is 0 Å². The van der Waals surface area contributed by atoms with Crippen LogP contribution in [0.15, 0.2) is 53.4 Å². The molecule has 0 aromatic heterocycles. The number of nitrogen functional groups attached to an aromatic ring is 1. The Labute approximate surface area is 141 Å². The number of nitrogens with one attached hydrogen (secondary N) is 1. The molecule has 0 bridgehead atoms. The second kappa shape index (κ2) is 6.62. The molecule has 1 amide bonds. The first-order chi connectivity index (χ1) is 11.5. The van der Waals surface area contributed by atoms with E-state index < -0.39 is 10.0 Å². The Bertz CT molecular complexity index is 824. The van der Waals surface area contributed by atoms with E-state index in [9.17, 15) is 13.2 Å². The molecule has 0 saturated carbocycles. The van der Waals surface area contributed by atoms with Gasteiger partial charge >= 0.3 is 0 Å². The van der Waals surface area contributed by atoms with Crippen molar-refractivity contribution in [3.8, 4) is 0 Å². The summed E-state index contributed by atoms with van der Waals surface area (Å²) in [5, 5.41) is 2.74. The van der Waals surface area contributed by atoms with Crippen LogP contribution in [0.1, 0.15) is 23.2 Å². The van der Waals surface area contributed by atoms with Gasteiger partial charge in [0.1, 0.15) is 0 Å². The highest BCUT2D eigenvalue weighted by Crippen LogP contribution is 2.21. The molecule has 7 heteroatoms. The molecular formula is C17H19N3O3S. The molecule has 2 aromatic carbocycles. The van der Waals surface area contributed by atoms with E-state index >= 15 is 0 Å². The fraction of sp³-hybridized carbons (Fsp3) is 0.235. The van der Waals surface area contributed by atoms with Gasteiger partial charge in [-0.25, -0.2) is 8.42 Å². The maximum atomic E-state index is 12.5. The van der Waals surface area contributed by atoms with Gasteiger partial charge in [-0.3, -0.25) is 4.79 Å². The molecule has 0 atom stereocenters. The van der Waals surface area contributed by atoms with Crippen molar-refractivity contribution in [2.24, 2.45) is 0 Å². The maximum Gasteiger partial charge on any atom is 0.255 e. The van der Waals surface area contributed by atoms with E-state index in [-0.39, 0.29) is 10.8 Å². The Balaban J connectivity index is 1.74. The van der Waals surface area contributed by atoms with Gasteiger partial charge in [-0.1, -0.05) is 0 Å². The number of nitrogens with two attached hydrogens (primary N) is 1. The Morgan fingerprint density at radius 2 is 1.54 bits per heavy atom. The molecule has 0 aliphatic carbocycles. The molecule has 1 aliphatic heterocycles. The summed E-state index contributed by atoms with van der Waals surface area (Å²) in [4.78, 5) is 12.4. The molecule has 1 saturated heterocycles. The Morgan fingerprint density at radius 3 is 2.12 bits per heavy atom. The van der Waals surface area contributed by atoms with Gasteiger partial charge in [-0.15, -0.1) is 0 Å². The van der Waals surface area contributed by atoms with E-state index in [1.807, 2.05) is 0 Å². The summed E-state index contributed by atoms with van der Waals surface area (Å²) in [5.74, 6) is -0.301. The molecule has 6 nitrogen and oxygen atoms in total. The largest absolute Gasteiger partial charge is 0.399 e. The molecule has 126 valence electrons. The van der Waals surface area contributed by atoms with Gasteiger partial charge in [0.2, 0.25) is 10.0 Å². The van der Waals surface area contributed by atoms with Crippen molar-refractivity contribution < 1.29 is 13.2 Å². The molecule has 3 N–H and O–H groups in total. The number of hydrogen-bond acceptors (Lipinski definition) is 4. The van der Waals surface area contributed by atoms with Crippen LogP contribution < -0.4 is 11.1 Å². The number of sulfonamides is 1. The van der Waals surface area contributed by atoms with E-state index in [1.54, 1.807) is 24.3 Å². The second-order valence-electron chi connectivity index (χ2n) is 5.71. The molecule has 1 fully saturated rings. The predicted molar refractivity (Wildman–Crippen MR) is 93.2 cm³/mol. The van der Waals surface area contributed by atoms with Crippen molar-refractivity contribution in [1.82, 2.24) is 4.31 Å². The van der Waals surface area contributed by atoms with Crippen molar-refractivity contribution in [1.29, 1.82) is 0 Å². The summed E-state index contributed by atoms with van der Waals surface area (Å²) in [7, 11) is -3.46. The first-order valence-corrected chi connectivity index (χ1v) is 9.18. The van der Waals surface area contributed by atoms with Gasteiger partial charge in [-0.05, 0) is 61.4 Å². The van der Waals surface area contributed by atoms with Crippen molar-refractivity contribution >= 4 is 27.3 Å². The average Bonchev–Trinajstić information content (AvgIpc) is 3.12. The SMILES string of the molecule is Nc1ccc(NC(=O)c2ccc(S(=O)(=O)N3CCCC3)cc2)cc1. The van der Waals surface area contributed by atoms with Crippen LogP contribution in [-0.4, -0.2) is 31.7 Å². The third-order valence-corrected chi connectivity index (χ3v) is 5.90. The van der Waals surface area contributed by atoms with E-state index in [1.165, 1.54) is 28.6 Å². The fourth-order valence-electron chi connectivity index (χ4n) is 2.63. The van der Waals surface area contributed by atoms with Crippen molar-refractivity contribution in [2.45, 2.75) is 17.7 Å². The zero-order chi connectivity index (χ0) is 17.2. The van der Waals surface area contributed by atoms with Gasteiger partial charge in [0.15, 0.2) is 0 Å². The average molecular weight is 345 g/mol. The number of anilines is 2. The lowest BCUT2D eigenvalue weighted by molar-refractivity contribution is 0.102. The molecule has 1 heterocycles. The molecule has 0 unspecified atom stereocenters. The first-order valence-electron chi connectivity index (χ1n) is 7.74. The van der Waals surface area contributed by atoms with Crippen LogP contribution in [0.3, 0.4) is 0 Å². The van der Waals surface area contributed by atoms with Crippen molar-refractivity contribution in [3.63, 3.8) is 0 Å². The number of carbonyl (C=O) groups excluding carboxylic acids is 1. The number of rotatable bonds is 4. The quantitative estimate of drug-likeness (QED) is 0.832. The van der Waals surface area contributed by atoms with E-state index in [0.29, 0.717) is 30.0 Å². The van der Waals surface area contributed by atoms with Crippen LogP contribution in [0.4, 0.5) is 11.4 Å². The summed E-state index contributed by atoms with van der Waals surface area (Å²) < 4.78 is 26.4. The van der Waals surface area contributed by atoms with Crippen molar-refractivity contribution in [3.05, 3.63) is 54.1 Å². The van der Waals surface area contributed by atoms with Gasteiger partial charge in [0.25, 0.3) is 5.91 Å². The topological polar surface area (TPSA) is 92.5 Å². The number of amides is 1. The normalized spacial score (nSPS) is 15.3. The fourth-order valence-corrected chi connectivity index (χ4v) is 4.14. The highest BCUT2D eigenvalue weighted by molar-refractivity contribution is 7.89. The zero-order valence-corrected chi connectivity index (χ0v) is 13.9. The standard InChI is InChI=1S/C17H19N3O3S/c18-14-5-7-15(8-6-14)19-17(21)13-3-9-16(10-4-13)24(22,23)20-11-1-2-12-20/h3-10H,1-2,11-12,18H2,(H,19,21). The van der Waals surface area contributed by atoms with Crippen LogP contribution in [0.5, 0.6) is 0 Å². The molecule has 2 aromatic rings. The van der Waals surface area contributed by atoms with E-state index in [0.717, 1.165) is 12.8 Å². The summed E-state index contributed by atoms with van der Waals surface area (Å²) >= 11 is 0. The minimum Gasteiger partial charge on any atom is -0.399 e. The zero-order valence-electron chi connectivity index (χ0n) is 13.1. The Kier molecular flexibility index (Phi) is 4.55. The molecule has 1 aliphatic rings. The second-order valence-corrected chi connectivity index (χ2v) is 7.65. The summed E-state index contributed by atoms with van der Waals surface area (Å²) in [6, 6.07) is 12.8. The lowest BCUT2D eigenvalue weighted by atomic mass is 10.2. The summed E-state index contributed by atoms with van der Waals surface area (Å²) in [5.41, 5.74) is 7.24. The number of benzene rings is 2. The highest BCUT2D eigenvalue weighted by Gasteiger charge is 2.27. The minimum absolute atomic E-state index is 0.216. The summed E-state index contributed by atoms with van der Waals surface area (Å²) in [6.45, 7) is 1.11. The number of nitrogens with zero attached hydrogens (tertiary/aromatic N) is 1. The molecule has 3 rings (SSSR count). The van der Waals surface area contributed by atoms with Crippen LogP contribution >= 0.6 is 0 Å². The third-order valence-electron chi connectivity index (χ3n) is 3.99. The van der Waals surface area contributed by atoms with Gasteiger partial charge < -0.3 is 11.1 Å². The summed E-state index contributed by atoms with van der Waals surface area (Å²) in [6.07, 6.45) is 1.78. The van der Waals surface area contributed by atoms with Crippen LogP contribution in [0, 0.1) is 0 Å². The lowest BCUT2D eigenvalue weighted by Gasteiger charge is -2.15. The maximum absolute atomic E-state index is 12.5. The van der Waals surface area contributed by atoms with Crippen LogP contribution in [0.2, 0.25) is 0 Å². The smallest absolute Gasteiger partial charge is 0.255 e. The molecule has 0 spiro atoms. The van der Waals surface area contributed by atoms with Gasteiger partial charge in [0, 0.05) is 30.0 Å².